The molecule has 0 saturated heterocycles. The van der Waals surface area contributed by atoms with Gasteiger partial charge >= 0.3 is 0 Å². The number of hydrogen-bond acceptors (Lipinski definition) is 4. The molecule has 4 nitrogen and oxygen atoms in total. The van der Waals surface area contributed by atoms with Gasteiger partial charge in [0.2, 0.25) is 0 Å². The van der Waals surface area contributed by atoms with Crippen LogP contribution < -0.4 is 15.0 Å². The third-order valence-corrected chi connectivity index (χ3v) is 2.91. The molecule has 0 aromatic heterocycles. The van der Waals surface area contributed by atoms with E-state index in [0.29, 0.717) is 23.9 Å². The summed E-state index contributed by atoms with van der Waals surface area (Å²) in [4.78, 5) is 0. The molecule has 1 aliphatic rings. The summed E-state index contributed by atoms with van der Waals surface area (Å²) in [5.74, 6) is 1.39. The summed E-state index contributed by atoms with van der Waals surface area (Å²) >= 11 is 6.18. The summed E-state index contributed by atoms with van der Waals surface area (Å²) in [6.07, 6.45) is 0.782. The van der Waals surface area contributed by atoms with Gasteiger partial charge in [-0.05, 0) is 11.6 Å². The number of hydroxylamine groups is 1. The highest BCUT2D eigenvalue weighted by molar-refractivity contribution is 6.32. The van der Waals surface area contributed by atoms with Crippen LogP contribution in [0.15, 0.2) is 6.07 Å². The van der Waals surface area contributed by atoms with Gasteiger partial charge in [-0.3, -0.25) is 0 Å². The van der Waals surface area contributed by atoms with E-state index < -0.39 is 0 Å². The van der Waals surface area contributed by atoms with Gasteiger partial charge in [0.25, 0.3) is 0 Å². The molecule has 0 spiro atoms. The molecule has 2 rings (SSSR count). The number of fused-ring (bicyclic) bond motifs is 1. The molecule has 0 atom stereocenters. The summed E-state index contributed by atoms with van der Waals surface area (Å²) in [5, 5.41) is 9.32. The van der Waals surface area contributed by atoms with Crippen molar-refractivity contribution in [1.29, 1.82) is 0 Å². The average molecular weight is 230 g/mol. The van der Waals surface area contributed by atoms with Crippen LogP contribution in [0.5, 0.6) is 11.5 Å². The lowest BCUT2D eigenvalue weighted by molar-refractivity contribution is 0.161. The monoisotopic (exact) mass is 229 g/mol. The number of rotatable bonds is 3. The largest absolute Gasteiger partial charge is 0.493 e. The van der Waals surface area contributed by atoms with Crippen LogP contribution in [-0.4, -0.2) is 18.9 Å². The van der Waals surface area contributed by atoms with Crippen LogP contribution in [0.2, 0.25) is 5.02 Å². The van der Waals surface area contributed by atoms with Gasteiger partial charge in [-0.15, -0.1) is 0 Å². The third-order valence-electron chi connectivity index (χ3n) is 2.44. The van der Waals surface area contributed by atoms with Gasteiger partial charge in [-0.2, -0.15) is 0 Å². The van der Waals surface area contributed by atoms with Crippen LogP contribution in [0.4, 0.5) is 0 Å². The maximum atomic E-state index is 8.68. The van der Waals surface area contributed by atoms with E-state index in [0.717, 1.165) is 23.3 Å². The fraction of sp³-hybridized carbons (Fsp3) is 0.400. The predicted octanol–water partition coefficient (Wildman–Crippen LogP) is 1.76. The van der Waals surface area contributed by atoms with E-state index in [4.69, 9.17) is 26.3 Å². The van der Waals surface area contributed by atoms with E-state index in [1.54, 1.807) is 13.2 Å². The normalized spacial score (nSPS) is 13.5. The van der Waals surface area contributed by atoms with E-state index in [-0.39, 0.29) is 0 Å². The van der Waals surface area contributed by atoms with Gasteiger partial charge < -0.3 is 14.7 Å². The summed E-state index contributed by atoms with van der Waals surface area (Å²) < 4.78 is 10.6. The van der Waals surface area contributed by atoms with Gasteiger partial charge in [0.05, 0.1) is 18.7 Å². The molecule has 1 aromatic rings. The van der Waals surface area contributed by atoms with E-state index in [1.165, 1.54) is 0 Å². The van der Waals surface area contributed by atoms with Crippen molar-refractivity contribution in [2.24, 2.45) is 0 Å². The molecule has 0 bridgehead atoms. The Morgan fingerprint density at radius 2 is 2.47 bits per heavy atom. The minimum absolute atomic E-state index is 0.294. The van der Waals surface area contributed by atoms with Gasteiger partial charge in [0.15, 0.2) is 11.5 Å². The zero-order chi connectivity index (χ0) is 10.8. The minimum Gasteiger partial charge on any atom is -0.493 e. The minimum atomic E-state index is 0.294. The highest BCUT2D eigenvalue weighted by Gasteiger charge is 2.22. The standard InChI is InChI=1S/C10H12ClNO3/c1-14-8-4-6(5-12-13)9(11)7-2-3-15-10(7)8/h4,12-13H,2-3,5H2,1H3. The molecule has 1 aromatic carbocycles. The molecule has 1 heterocycles. The molecule has 0 saturated carbocycles. The first-order valence-corrected chi connectivity index (χ1v) is 5.03. The zero-order valence-corrected chi connectivity index (χ0v) is 9.10. The first-order chi connectivity index (χ1) is 7.27. The number of ether oxygens (including phenoxy) is 2. The summed E-state index contributed by atoms with van der Waals surface area (Å²) in [7, 11) is 1.58. The lowest BCUT2D eigenvalue weighted by Gasteiger charge is -2.11. The molecule has 0 unspecified atom stereocenters. The smallest absolute Gasteiger partial charge is 0.165 e. The van der Waals surface area contributed by atoms with Crippen LogP contribution in [0.3, 0.4) is 0 Å². The first kappa shape index (κ1) is 10.5. The SMILES string of the molecule is COc1cc(CNO)c(Cl)c2c1OCC2. The Hall–Kier alpha value is -0.970. The van der Waals surface area contributed by atoms with Crippen molar-refractivity contribution in [2.75, 3.05) is 13.7 Å². The second-order valence-electron chi connectivity index (χ2n) is 3.29. The van der Waals surface area contributed by atoms with Crippen LogP contribution in [-0.2, 0) is 13.0 Å². The predicted molar refractivity (Wildman–Crippen MR) is 55.8 cm³/mol. The van der Waals surface area contributed by atoms with Gasteiger partial charge in [0.1, 0.15) is 0 Å². The fourth-order valence-corrected chi connectivity index (χ4v) is 2.03. The molecule has 5 heteroatoms. The Bertz CT molecular complexity index is 381. The molecular weight excluding hydrogens is 218 g/mol. The van der Waals surface area contributed by atoms with Crippen molar-refractivity contribution in [3.8, 4) is 11.5 Å². The van der Waals surface area contributed by atoms with Gasteiger partial charge in [-0.1, -0.05) is 11.6 Å². The zero-order valence-electron chi connectivity index (χ0n) is 8.34. The number of nitrogens with one attached hydrogen (secondary N) is 1. The summed E-state index contributed by atoms with van der Waals surface area (Å²) in [6, 6.07) is 1.77. The molecule has 1 aliphatic heterocycles. The first-order valence-electron chi connectivity index (χ1n) is 4.66. The number of hydrogen-bond donors (Lipinski definition) is 2. The quantitative estimate of drug-likeness (QED) is 0.776. The van der Waals surface area contributed by atoms with Gasteiger partial charge in [-0.25, -0.2) is 5.48 Å². The topological polar surface area (TPSA) is 50.7 Å². The fourth-order valence-electron chi connectivity index (χ4n) is 1.73. The molecule has 0 amide bonds. The van der Waals surface area contributed by atoms with Crippen LogP contribution in [0.1, 0.15) is 11.1 Å². The Morgan fingerprint density at radius 1 is 1.67 bits per heavy atom. The molecule has 0 radical (unpaired) electrons. The van der Waals surface area contributed by atoms with Crippen molar-refractivity contribution in [2.45, 2.75) is 13.0 Å². The second kappa shape index (κ2) is 4.26. The molecule has 15 heavy (non-hydrogen) atoms. The summed E-state index contributed by atoms with van der Waals surface area (Å²) in [5.41, 5.74) is 3.85. The van der Waals surface area contributed by atoms with Gasteiger partial charge in [0, 0.05) is 18.5 Å². The second-order valence-corrected chi connectivity index (χ2v) is 3.67. The number of benzene rings is 1. The maximum Gasteiger partial charge on any atom is 0.165 e. The van der Waals surface area contributed by atoms with Crippen LogP contribution >= 0.6 is 11.6 Å². The van der Waals surface area contributed by atoms with Crippen LogP contribution in [0.25, 0.3) is 0 Å². The van der Waals surface area contributed by atoms with E-state index in [2.05, 4.69) is 5.48 Å². The highest BCUT2D eigenvalue weighted by atomic mass is 35.5. The third kappa shape index (κ3) is 1.76. The maximum absolute atomic E-state index is 8.68. The molecule has 0 fully saturated rings. The molecule has 2 N–H and O–H groups in total. The van der Waals surface area contributed by atoms with Crippen molar-refractivity contribution >= 4 is 11.6 Å². The van der Waals surface area contributed by atoms with Crippen molar-refractivity contribution in [1.82, 2.24) is 5.48 Å². The van der Waals surface area contributed by atoms with E-state index in [1.807, 2.05) is 0 Å². The Kier molecular flexibility index (Phi) is 3.00. The molecule has 82 valence electrons. The Balaban J connectivity index is 2.51. The van der Waals surface area contributed by atoms with Crippen LogP contribution in [0, 0.1) is 0 Å². The van der Waals surface area contributed by atoms with Crippen molar-refractivity contribution in [3.05, 3.63) is 22.2 Å². The van der Waals surface area contributed by atoms with Crippen molar-refractivity contribution < 1.29 is 14.7 Å². The van der Waals surface area contributed by atoms with E-state index >= 15 is 0 Å². The number of halogens is 1. The average Bonchev–Trinajstić information content (AvgIpc) is 2.71. The number of methoxy groups -OCH3 is 1. The van der Waals surface area contributed by atoms with E-state index in [9.17, 15) is 0 Å². The Labute approximate surface area is 92.7 Å². The highest BCUT2D eigenvalue weighted by Crippen LogP contribution is 2.41. The lowest BCUT2D eigenvalue weighted by atomic mass is 10.1. The molecular formula is C10H12ClNO3. The molecule has 0 aliphatic carbocycles. The lowest BCUT2D eigenvalue weighted by Crippen LogP contribution is -2.07. The summed E-state index contributed by atoms with van der Waals surface area (Å²) in [6.45, 7) is 0.921. The van der Waals surface area contributed by atoms with Crippen molar-refractivity contribution in [3.63, 3.8) is 0 Å². The Morgan fingerprint density at radius 3 is 3.13 bits per heavy atom.